The molecule has 4 rings (SSSR count). The molecule has 0 aliphatic carbocycles. The van der Waals surface area contributed by atoms with Crippen molar-refractivity contribution in [3.8, 4) is 0 Å². The largest absolute Gasteiger partial charge is 0.322 e. The summed E-state index contributed by atoms with van der Waals surface area (Å²) in [5.74, 6) is 1.52. The number of carbonyl (C=O) groups excluding carboxylic acids is 1. The topological polar surface area (TPSA) is 97.2 Å². The summed E-state index contributed by atoms with van der Waals surface area (Å²) in [7, 11) is -3.29. The molecule has 8 nitrogen and oxygen atoms in total. The average molecular weight is 474 g/mol. The number of carbonyl (C=O) groups is 1. The van der Waals surface area contributed by atoms with E-state index in [-0.39, 0.29) is 17.0 Å². The zero-order valence-electron chi connectivity index (χ0n) is 17.8. The molecule has 1 aromatic heterocycles. The summed E-state index contributed by atoms with van der Waals surface area (Å²) in [6, 6.07) is 13.3. The number of nitrogens with one attached hydrogen (secondary N) is 1. The lowest BCUT2D eigenvalue weighted by Crippen LogP contribution is -2.35. The van der Waals surface area contributed by atoms with Gasteiger partial charge in [-0.15, -0.1) is 10.2 Å². The molecule has 2 amide bonds. The van der Waals surface area contributed by atoms with Crippen LogP contribution < -0.4 is 5.32 Å². The van der Waals surface area contributed by atoms with Gasteiger partial charge in [-0.05, 0) is 61.7 Å². The van der Waals surface area contributed by atoms with Crippen LogP contribution in [-0.2, 0) is 16.4 Å². The summed E-state index contributed by atoms with van der Waals surface area (Å²) < 4.78 is 25.3. The van der Waals surface area contributed by atoms with Crippen LogP contribution in [0.15, 0.2) is 53.4 Å². The summed E-state index contributed by atoms with van der Waals surface area (Å²) in [5.41, 5.74) is 1.60. The average Bonchev–Trinajstić information content (AvgIpc) is 3.36. The summed E-state index contributed by atoms with van der Waals surface area (Å²) >= 11 is 6.00. The zero-order valence-corrected chi connectivity index (χ0v) is 19.4. The summed E-state index contributed by atoms with van der Waals surface area (Å²) in [4.78, 5) is 15.0. The predicted octanol–water partition coefficient (Wildman–Crippen LogP) is 4.06. The third kappa shape index (κ3) is 4.78. The van der Waals surface area contributed by atoms with E-state index in [1.54, 1.807) is 17.0 Å². The van der Waals surface area contributed by atoms with Gasteiger partial charge >= 0.3 is 6.03 Å². The Kier molecular flexibility index (Phi) is 6.21. The Labute approximate surface area is 192 Å². The molecule has 0 bridgehead atoms. The van der Waals surface area contributed by atoms with Gasteiger partial charge in [0.2, 0.25) is 0 Å². The molecule has 0 unspecified atom stereocenters. The van der Waals surface area contributed by atoms with E-state index in [1.807, 2.05) is 35.8 Å². The van der Waals surface area contributed by atoms with Gasteiger partial charge in [0.25, 0.3) is 0 Å². The smallest absolute Gasteiger partial charge is 0.314 e. The van der Waals surface area contributed by atoms with Crippen LogP contribution in [0.3, 0.4) is 0 Å². The highest BCUT2D eigenvalue weighted by Crippen LogP contribution is 2.32. The normalized spacial score (nSPS) is 16.3. The lowest BCUT2D eigenvalue weighted by Gasteiger charge is -2.25. The molecule has 32 heavy (non-hydrogen) atoms. The summed E-state index contributed by atoms with van der Waals surface area (Å²) in [6.45, 7) is 3.09. The maximum atomic E-state index is 13.0. The minimum atomic E-state index is -3.29. The predicted molar refractivity (Wildman–Crippen MR) is 123 cm³/mol. The summed E-state index contributed by atoms with van der Waals surface area (Å²) in [5, 5.41) is 12.2. The lowest BCUT2D eigenvalue weighted by molar-refractivity contribution is 0.204. The highest BCUT2D eigenvalue weighted by Gasteiger charge is 2.34. The SMILES string of the molecule is Cc1nnc([C@H]2CCCN2C(=O)Nc2ccc(S(C)(=O)=O)cc2)n1Cc1ccc(Cl)cc1. The molecular weight excluding hydrogens is 450 g/mol. The number of amides is 2. The number of sulfone groups is 1. The monoisotopic (exact) mass is 473 g/mol. The van der Waals surface area contributed by atoms with Crippen LogP contribution in [0.4, 0.5) is 10.5 Å². The fraction of sp³-hybridized carbons (Fsp3) is 0.318. The van der Waals surface area contributed by atoms with Gasteiger partial charge in [-0.3, -0.25) is 0 Å². The van der Waals surface area contributed by atoms with Crippen molar-refractivity contribution in [3.05, 3.63) is 70.8 Å². The van der Waals surface area contributed by atoms with Crippen LogP contribution in [0.1, 0.15) is 36.1 Å². The zero-order chi connectivity index (χ0) is 22.9. The number of rotatable bonds is 5. The second kappa shape index (κ2) is 8.91. The number of nitrogens with zero attached hydrogens (tertiary/aromatic N) is 4. The minimum Gasteiger partial charge on any atom is -0.314 e. The fourth-order valence-corrected chi connectivity index (χ4v) is 4.63. The Morgan fingerprint density at radius 2 is 1.81 bits per heavy atom. The lowest BCUT2D eigenvalue weighted by atomic mass is 10.2. The first-order chi connectivity index (χ1) is 15.2. The number of aromatic nitrogens is 3. The first-order valence-corrected chi connectivity index (χ1v) is 12.5. The second-order valence-electron chi connectivity index (χ2n) is 7.90. The van der Waals surface area contributed by atoms with Crippen molar-refractivity contribution in [2.45, 2.75) is 37.2 Å². The quantitative estimate of drug-likeness (QED) is 0.602. The first-order valence-electron chi connectivity index (χ1n) is 10.2. The van der Waals surface area contributed by atoms with E-state index in [1.165, 1.54) is 12.1 Å². The third-order valence-corrected chi connectivity index (χ3v) is 6.94. The van der Waals surface area contributed by atoms with Gasteiger partial charge in [-0.25, -0.2) is 13.2 Å². The maximum absolute atomic E-state index is 13.0. The minimum absolute atomic E-state index is 0.196. The van der Waals surface area contributed by atoms with Gasteiger partial charge < -0.3 is 14.8 Å². The Hall–Kier alpha value is -2.91. The molecule has 0 spiro atoms. The van der Waals surface area contributed by atoms with Crippen molar-refractivity contribution in [2.75, 3.05) is 18.1 Å². The standard InChI is InChI=1S/C22H24ClN5O3S/c1-15-25-26-21(28(15)14-16-5-7-17(23)8-6-16)20-4-3-13-27(20)22(29)24-18-9-11-19(12-10-18)32(2,30)31/h5-12,20H,3-4,13-14H2,1-2H3,(H,24,29)/t20-/m1/s1. The maximum Gasteiger partial charge on any atom is 0.322 e. The molecule has 168 valence electrons. The Morgan fingerprint density at radius 3 is 2.47 bits per heavy atom. The van der Waals surface area contributed by atoms with Crippen molar-refractivity contribution in [1.29, 1.82) is 0 Å². The first kappa shape index (κ1) is 22.3. The molecule has 10 heteroatoms. The second-order valence-corrected chi connectivity index (χ2v) is 10.3. The van der Waals surface area contributed by atoms with Crippen LogP contribution in [0.5, 0.6) is 0 Å². The van der Waals surface area contributed by atoms with Crippen molar-refractivity contribution in [2.24, 2.45) is 0 Å². The van der Waals surface area contributed by atoms with Crippen LogP contribution in [-0.4, -0.2) is 46.9 Å². The van der Waals surface area contributed by atoms with Gasteiger partial charge in [0.15, 0.2) is 15.7 Å². The number of aryl methyl sites for hydroxylation is 1. The molecule has 1 atom stereocenters. The Bertz CT molecular complexity index is 1220. The van der Waals surface area contributed by atoms with Crippen molar-refractivity contribution in [3.63, 3.8) is 0 Å². The number of hydrogen-bond acceptors (Lipinski definition) is 5. The number of likely N-dealkylation sites (tertiary alicyclic amines) is 1. The van der Waals surface area contributed by atoms with Crippen LogP contribution in [0, 0.1) is 6.92 Å². The molecule has 1 fully saturated rings. The number of anilines is 1. The van der Waals surface area contributed by atoms with Crippen LogP contribution >= 0.6 is 11.6 Å². The molecule has 3 aromatic rings. The van der Waals surface area contributed by atoms with E-state index in [9.17, 15) is 13.2 Å². The molecule has 1 saturated heterocycles. The highest BCUT2D eigenvalue weighted by atomic mass is 35.5. The molecule has 0 radical (unpaired) electrons. The van der Waals surface area contributed by atoms with E-state index in [2.05, 4.69) is 15.5 Å². The third-order valence-electron chi connectivity index (χ3n) is 5.56. The van der Waals surface area contributed by atoms with E-state index in [0.29, 0.717) is 23.8 Å². The Balaban J connectivity index is 1.52. The molecule has 0 saturated carbocycles. The molecule has 2 heterocycles. The molecular formula is C22H24ClN5O3S. The number of urea groups is 1. The van der Waals surface area contributed by atoms with E-state index >= 15 is 0 Å². The van der Waals surface area contributed by atoms with Crippen LogP contribution in [0.25, 0.3) is 0 Å². The summed E-state index contributed by atoms with van der Waals surface area (Å²) in [6.07, 6.45) is 2.80. The number of halogens is 1. The van der Waals surface area contributed by atoms with Gasteiger partial charge in [0.05, 0.1) is 17.5 Å². The highest BCUT2D eigenvalue weighted by molar-refractivity contribution is 7.90. The van der Waals surface area contributed by atoms with Crippen LogP contribution in [0.2, 0.25) is 5.02 Å². The number of benzene rings is 2. The Morgan fingerprint density at radius 1 is 1.12 bits per heavy atom. The van der Waals surface area contributed by atoms with Gasteiger partial charge in [-0.2, -0.15) is 0 Å². The van der Waals surface area contributed by atoms with Crippen molar-refractivity contribution >= 4 is 33.2 Å². The van der Waals surface area contributed by atoms with Gasteiger partial charge in [0.1, 0.15) is 5.82 Å². The molecule has 2 aromatic carbocycles. The number of hydrogen-bond donors (Lipinski definition) is 1. The van der Waals surface area contributed by atoms with Gasteiger partial charge in [0, 0.05) is 23.5 Å². The van der Waals surface area contributed by atoms with E-state index in [4.69, 9.17) is 11.6 Å². The van der Waals surface area contributed by atoms with E-state index in [0.717, 1.165) is 36.3 Å². The van der Waals surface area contributed by atoms with E-state index < -0.39 is 9.84 Å². The fourth-order valence-electron chi connectivity index (χ4n) is 3.87. The molecule has 1 N–H and O–H groups in total. The van der Waals surface area contributed by atoms with Crippen molar-refractivity contribution in [1.82, 2.24) is 19.7 Å². The van der Waals surface area contributed by atoms with Gasteiger partial charge in [-0.1, -0.05) is 23.7 Å². The molecule has 1 aliphatic heterocycles. The van der Waals surface area contributed by atoms with Crippen molar-refractivity contribution < 1.29 is 13.2 Å². The molecule has 1 aliphatic rings.